The van der Waals surface area contributed by atoms with Crippen LogP contribution in [0.2, 0.25) is 0 Å². The quantitative estimate of drug-likeness (QED) is 0.425. The summed E-state index contributed by atoms with van der Waals surface area (Å²) < 4.78 is 115. The molecule has 0 radical (unpaired) electrons. The van der Waals surface area contributed by atoms with Crippen LogP contribution in [0.3, 0.4) is 0 Å². The van der Waals surface area contributed by atoms with E-state index >= 15 is 0 Å². The van der Waals surface area contributed by atoms with Crippen LogP contribution >= 0.6 is 0 Å². The number of hydrogen-bond acceptors (Lipinski definition) is 6. The third-order valence-electron chi connectivity index (χ3n) is 6.18. The number of benzene rings is 2. The van der Waals surface area contributed by atoms with Crippen LogP contribution in [-0.2, 0) is 20.0 Å². The van der Waals surface area contributed by atoms with E-state index < -0.39 is 67.5 Å². The molecule has 2 aromatic rings. The molecule has 2 aromatic carbocycles. The number of ether oxygens (including phenoxy) is 1. The highest BCUT2D eigenvalue weighted by molar-refractivity contribution is 7.92. The average molecular weight is 612 g/mol. The van der Waals surface area contributed by atoms with Crippen molar-refractivity contribution in [3.05, 3.63) is 48.3 Å². The standard InChI is InChI=1S/C24H29F4N3O7S2/c1-22(2,29-39(5,34)35)13-17-14-30(40(36,37)18-9-6-15(25)7-10-18)19-12-16(8-11-20(19)38-17)31(21(32)33)23(3,4)24(26,27)28/h6-12,17,29H,13-14H2,1-5H3,(H,32,33). The van der Waals surface area contributed by atoms with Crippen LogP contribution in [0, 0.1) is 5.82 Å². The van der Waals surface area contributed by atoms with Crippen molar-refractivity contribution in [1.82, 2.24) is 4.72 Å². The summed E-state index contributed by atoms with van der Waals surface area (Å²) in [6.07, 6.45) is -6.94. The largest absolute Gasteiger partial charge is 0.486 e. The number of nitrogens with one attached hydrogen (secondary N) is 1. The van der Waals surface area contributed by atoms with Crippen molar-refractivity contribution in [3.63, 3.8) is 0 Å². The Kier molecular flexibility index (Phi) is 8.15. The van der Waals surface area contributed by atoms with E-state index in [1.165, 1.54) is 0 Å². The first-order valence-corrected chi connectivity index (χ1v) is 15.1. The van der Waals surface area contributed by atoms with Crippen LogP contribution in [0.4, 0.5) is 33.7 Å². The number of nitrogens with zero attached hydrogens (tertiary/aromatic N) is 2. The molecule has 1 amide bonds. The highest BCUT2D eigenvalue weighted by Gasteiger charge is 2.54. The van der Waals surface area contributed by atoms with E-state index in [-0.39, 0.29) is 27.7 Å². The average Bonchev–Trinajstić information content (AvgIpc) is 2.76. The Hall–Kier alpha value is -3.11. The lowest BCUT2D eigenvalue weighted by atomic mass is 9.97. The molecule has 3 rings (SSSR count). The van der Waals surface area contributed by atoms with Crippen molar-refractivity contribution < 1.29 is 49.0 Å². The lowest BCUT2D eigenvalue weighted by Gasteiger charge is -2.40. The minimum Gasteiger partial charge on any atom is -0.486 e. The van der Waals surface area contributed by atoms with Crippen LogP contribution in [0.25, 0.3) is 0 Å². The molecule has 10 nitrogen and oxygen atoms in total. The second-order valence-electron chi connectivity index (χ2n) is 10.5. The number of halogens is 4. The predicted molar refractivity (Wildman–Crippen MR) is 139 cm³/mol. The summed E-state index contributed by atoms with van der Waals surface area (Å²) in [4.78, 5) is 11.7. The first-order valence-electron chi connectivity index (χ1n) is 11.7. The Morgan fingerprint density at radius 2 is 1.65 bits per heavy atom. The summed E-state index contributed by atoms with van der Waals surface area (Å²) in [5, 5.41) is 9.69. The topological polar surface area (TPSA) is 133 Å². The first-order chi connectivity index (χ1) is 18.0. The fourth-order valence-electron chi connectivity index (χ4n) is 4.42. The first kappa shape index (κ1) is 31.4. The van der Waals surface area contributed by atoms with Gasteiger partial charge in [0.05, 0.1) is 29.1 Å². The second kappa shape index (κ2) is 10.4. The fraction of sp³-hybridized carbons (Fsp3) is 0.458. The number of sulfonamides is 2. The molecular weight excluding hydrogens is 582 g/mol. The Labute approximate surface area is 229 Å². The molecular formula is C24H29F4N3O7S2. The van der Waals surface area contributed by atoms with Crippen LogP contribution in [0.1, 0.15) is 34.1 Å². The molecule has 16 heteroatoms. The molecule has 1 heterocycles. The number of anilines is 2. The highest BCUT2D eigenvalue weighted by atomic mass is 32.2. The van der Waals surface area contributed by atoms with Gasteiger partial charge in [0, 0.05) is 12.0 Å². The van der Waals surface area contributed by atoms with Gasteiger partial charge in [-0.1, -0.05) is 0 Å². The van der Waals surface area contributed by atoms with Crippen molar-refractivity contribution in [1.29, 1.82) is 0 Å². The molecule has 0 spiro atoms. The number of amides is 1. The van der Waals surface area contributed by atoms with E-state index in [1.54, 1.807) is 13.8 Å². The van der Waals surface area contributed by atoms with Gasteiger partial charge in [-0.05, 0) is 70.2 Å². The van der Waals surface area contributed by atoms with Crippen molar-refractivity contribution >= 4 is 37.5 Å². The molecule has 1 aliphatic heterocycles. The molecule has 2 N–H and O–H groups in total. The predicted octanol–water partition coefficient (Wildman–Crippen LogP) is 4.33. The Morgan fingerprint density at radius 1 is 1.07 bits per heavy atom. The molecule has 0 aliphatic carbocycles. The van der Waals surface area contributed by atoms with E-state index in [0.717, 1.165) is 53.0 Å². The lowest BCUT2D eigenvalue weighted by molar-refractivity contribution is -0.175. The number of carbonyl (C=O) groups is 1. The van der Waals surface area contributed by atoms with Gasteiger partial charge in [-0.15, -0.1) is 0 Å². The molecule has 222 valence electrons. The zero-order valence-corrected chi connectivity index (χ0v) is 23.8. The molecule has 40 heavy (non-hydrogen) atoms. The maximum Gasteiger partial charge on any atom is 0.412 e. The van der Waals surface area contributed by atoms with Crippen LogP contribution in [-0.4, -0.2) is 64.2 Å². The van der Waals surface area contributed by atoms with Gasteiger partial charge in [0.25, 0.3) is 10.0 Å². The molecule has 0 saturated carbocycles. The summed E-state index contributed by atoms with van der Waals surface area (Å²) in [5.41, 5.74) is -4.73. The van der Waals surface area contributed by atoms with Gasteiger partial charge in [0.15, 0.2) is 0 Å². The Morgan fingerprint density at radius 3 is 2.15 bits per heavy atom. The van der Waals surface area contributed by atoms with E-state index in [2.05, 4.69) is 4.72 Å². The molecule has 1 atom stereocenters. The molecule has 0 bridgehead atoms. The number of rotatable bonds is 8. The highest BCUT2D eigenvalue weighted by Crippen LogP contribution is 2.44. The third kappa shape index (κ3) is 6.61. The maximum absolute atomic E-state index is 13.8. The Balaban J connectivity index is 2.17. The van der Waals surface area contributed by atoms with E-state index in [0.29, 0.717) is 13.8 Å². The van der Waals surface area contributed by atoms with Crippen molar-refractivity contribution in [2.45, 2.75) is 62.4 Å². The summed E-state index contributed by atoms with van der Waals surface area (Å²) >= 11 is 0. The van der Waals surface area contributed by atoms with E-state index in [9.17, 15) is 44.3 Å². The van der Waals surface area contributed by atoms with Crippen LogP contribution in [0.15, 0.2) is 47.4 Å². The smallest absolute Gasteiger partial charge is 0.412 e. The van der Waals surface area contributed by atoms with Crippen LogP contribution in [0.5, 0.6) is 5.75 Å². The zero-order valence-electron chi connectivity index (χ0n) is 22.2. The SMILES string of the molecule is CC(C)(CC1CN(S(=O)(=O)c2ccc(F)cc2)c2cc(N(C(=O)O)C(C)(C)C(F)(F)F)ccc2O1)NS(C)(=O)=O. The fourth-order valence-corrected chi connectivity index (χ4v) is 7.00. The van der Waals surface area contributed by atoms with E-state index in [4.69, 9.17) is 4.74 Å². The van der Waals surface area contributed by atoms with Gasteiger partial charge in [-0.25, -0.2) is 30.7 Å². The van der Waals surface area contributed by atoms with Crippen LogP contribution < -0.4 is 18.7 Å². The normalized spacial score (nSPS) is 16.7. The number of alkyl halides is 3. The number of carboxylic acid groups (broad SMARTS) is 1. The minimum absolute atomic E-state index is 0.0287. The maximum atomic E-state index is 13.8. The number of fused-ring (bicyclic) bond motifs is 1. The molecule has 0 saturated heterocycles. The van der Waals surface area contributed by atoms with Crippen molar-refractivity contribution in [3.8, 4) is 5.75 Å². The Bertz CT molecular complexity index is 1490. The second-order valence-corrected chi connectivity index (χ2v) is 14.1. The molecule has 0 fully saturated rings. The van der Waals surface area contributed by atoms with Gasteiger partial charge >= 0.3 is 12.3 Å². The summed E-state index contributed by atoms with van der Waals surface area (Å²) in [6.45, 7) is 4.02. The van der Waals surface area contributed by atoms with Crippen molar-refractivity contribution in [2.75, 3.05) is 22.0 Å². The molecule has 0 aromatic heterocycles. The monoisotopic (exact) mass is 611 g/mol. The lowest BCUT2D eigenvalue weighted by Crippen LogP contribution is -2.57. The molecule has 1 aliphatic rings. The van der Waals surface area contributed by atoms with Gasteiger partial charge < -0.3 is 9.84 Å². The number of hydrogen-bond donors (Lipinski definition) is 2. The van der Waals surface area contributed by atoms with Gasteiger partial charge in [0.1, 0.15) is 23.2 Å². The van der Waals surface area contributed by atoms with Crippen molar-refractivity contribution in [2.24, 2.45) is 0 Å². The molecule has 1 unspecified atom stereocenters. The van der Waals surface area contributed by atoms with Gasteiger partial charge in [0.2, 0.25) is 10.0 Å². The third-order valence-corrected chi connectivity index (χ3v) is 8.90. The summed E-state index contributed by atoms with van der Waals surface area (Å²) in [5.74, 6) is -0.808. The minimum atomic E-state index is -4.99. The zero-order chi connectivity index (χ0) is 30.5. The van der Waals surface area contributed by atoms with Gasteiger partial charge in [-0.2, -0.15) is 13.2 Å². The van der Waals surface area contributed by atoms with E-state index in [1.807, 2.05) is 0 Å². The summed E-state index contributed by atoms with van der Waals surface area (Å²) in [6, 6.07) is 6.98. The van der Waals surface area contributed by atoms with Gasteiger partial charge in [-0.3, -0.25) is 9.21 Å². The summed E-state index contributed by atoms with van der Waals surface area (Å²) in [7, 11) is -8.14.